The largest absolute Gasteiger partial charge is 0.340 e. The minimum Gasteiger partial charge on any atom is -0.340 e. The van der Waals surface area contributed by atoms with Crippen LogP contribution in [0, 0.1) is 0 Å². The Morgan fingerprint density at radius 1 is 1.64 bits per heavy atom. The van der Waals surface area contributed by atoms with E-state index in [1.54, 1.807) is 17.1 Å². The molecule has 0 radical (unpaired) electrons. The van der Waals surface area contributed by atoms with Gasteiger partial charge in [-0.1, -0.05) is 0 Å². The van der Waals surface area contributed by atoms with Crippen LogP contribution in [0.2, 0.25) is 0 Å². The van der Waals surface area contributed by atoms with Crippen molar-refractivity contribution in [3.63, 3.8) is 0 Å². The van der Waals surface area contributed by atoms with E-state index in [4.69, 9.17) is 0 Å². The van der Waals surface area contributed by atoms with Crippen molar-refractivity contribution in [3.05, 3.63) is 39.0 Å². The van der Waals surface area contributed by atoms with Crippen LogP contribution in [0.25, 0.3) is 0 Å². The molecule has 0 saturated carbocycles. The quantitative estimate of drug-likeness (QED) is 0.786. The number of hydrogen-bond donors (Lipinski definition) is 0. The summed E-state index contributed by atoms with van der Waals surface area (Å²) in [5.74, 6) is -0.0347. The molecule has 0 N–H and O–H groups in total. The summed E-state index contributed by atoms with van der Waals surface area (Å²) in [5.41, 5.74) is 0.482. The molecule has 0 amide bonds. The summed E-state index contributed by atoms with van der Waals surface area (Å²) in [6, 6.07) is 1.86. The van der Waals surface area contributed by atoms with Crippen LogP contribution in [-0.4, -0.2) is 15.3 Å². The molecule has 0 aliphatic rings. The molecule has 0 spiro atoms. The standard InChI is InChI=1S/C9H7BrN2OS/c1-12-4-7(11-5-12)8(13)9-6(10)2-3-14-9/h2-5H,1H3. The molecule has 2 aromatic heterocycles. The lowest BCUT2D eigenvalue weighted by Gasteiger charge is -1.92. The van der Waals surface area contributed by atoms with Crippen LogP contribution < -0.4 is 0 Å². The number of carbonyl (C=O) groups excluding carboxylic acids is 1. The normalized spacial score (nSPS) is 10.4. The maximum Gasteiger partial charge on any atom is 0.223 e. The van der Waals surface area contributed by atoms with E-state index in [9.17, 15) is 4.79 Å². The Labute approximate surface area is 93.5 Å². The van der Waals surface area contributed by atoms with Gasteiger partial charge in [0.15, 0.2) is 0 Å². The number of ketones is 1. The van der Waals surface area contributed by atoms with Crippen molar-refractivity contribution in [2.75, 3.05) is 0 Å². The number of carbonyl (C=O) groups is 1. The second-order valence-electron chi connectivity index (χ2n) is 2.85. The number of rotatable bonds is 2. The van der Waals surface area contributed by atoms with Gasteiger partial charge in [0.2, 0.25) is 5.78 Å². The Bertz CT molecular complexity index is 475. The maximum atomic E-state index is 11.8. The zero-order valence-electron chi connectivity index (χ0n) is 7.40. The van der Waals surface area contributed by atoms with Gasteiger partial charge in [0.05, 0.1) is 11.2 Å². The molecule has 0 saturated heterocycles. The van der Waals surface area contributed by atoms with E-state index in [0.717, 1.165) is 4.47 Å². The lowest BCUT2D eigenvalue weighted by molar-refractivity contribution is 0.103. The van der Waals surface area contributed by atoms with E-state index in [-0.39, 0.29) is 5.78 Å². The van der Waals surface area contributed by atoms with E-state index in [1.807, 2.05) is 18.5 Å². The summed E-state index contributed by atoms with van der Waals surface area (Å²) in [6.07, 6.45) is 3.34. The maximum absolute atomic E-state index is 11.8. The Kier molecular flexibility index (Phi) is 2.52. The van der Waals surface area contributed by atoms with Crippen LogP contribution >= 0.6 is 27.3 Å². The molecule has 0 aromatic carbocycles. The fraction of sp³-hybridized carbons (Fsp3) is 0.111. The fourth-order valence-corrected chi connectivity index (χ4v) is 2.60. The van der Waals surface area contributed by atoms with Crippen LogP contribution in [0.3, 0.4) is 0 Å². The van der Waals surface area contributed by atoms with Crippen molar-refractivity contribution in [1.82, 2.24) is 9.55 Å². The summed E-state index contributed by atoms with van der Waals surface area (Å²) in [7, 11) is 1.84. The van der Waals surface area contributed by atoms with Gasteiger partial charge in [-0.15, -0.1) is 11.3 Å². The summed E-state index contributed by atoms with van der Waals surface area (Å²) < 4.78 is 2.59. The summed E-state index contributed by atoms with van der Waals surface area (Å²) in [6.45, 7) is 0. The zero-order valence-corrected chi connectivity index (χ0v) is 9.80. The molecule has 0 aliphatic carbocycles. The smallest absolute Gasteiger partial charge is 0.223 e. The molecule has 2 heterocycles. The Morgan fingerprint density at radius 2 is 2.43 bits per heavy atom. The van der Waals surface area contributed by atoms with Crippen LogP contribution in [0.1, 0.15) is 15.4 Å². The van der Waals surface area contributed by atoms with Gasteiger partial charge in [0.1, 0.15) is 5.69 Å². The monoisotopic (exact) mass is 270 g/mol. The number of imidazole rings is 1. The number of thiophene rings is 1. The number of halogens is 1. The van der Waals surface area contributed by atoms with E-state index in [1.165, 1.54) is 11.3 Å². The summed E-state index contributed by atoms with van der Waals surface area (Å²) in [4.78, 5) is 16.6. The van der Waals surface area contributed by atoms with Crippen molar-refractivity contribution < 1.29 is 4.79 Å². The van der Waals surface area contributed by atoms with Gasteiger partial charge in [-0.05, 0) is 27.4 Å². The lowest BCUT2D eigenvalue weighted by atomic mass is 10.2. The van der Waals surface area contributed by atoms with Crippen LogP contribution in [0.5, 0.6) is 0 Å². The van der Waals surface area contributed by atoms with Crippen LogP contribution in [-0.2, 0) is 7.05 Å². The third-order valence-corrected chi connectivity index (χ3v) is 3.60. The van der Waals surface area contributed by atoms with Crippen molar-refractivity contribution >= 4 is 33.0 Å². The first-order chi connectivity index (χ1) is 6.68. The molecule has 0 bridgehead atoms. The first kappa shape index (κ1) is 9.61. The third-order valence-electron chi connectivity index (χ3n) is 1.76. The van der Waals surface area contributed by atoms with E-state index in [0.29, 0.717) is 10.6 Å². The number of aromatic nitrogens is 2. The predicted octanol–water partition coefficient (Wildman–Crippen LogP) is 2.48. The fourth-order valence-electron chi connectivity index (χ4n) is 1.10. The van der Waals surface area contributed by atoms with E-state index < -0.39 is 0 Å². The number of hydrogen-bond acceptors (Lipinski definition) is 3. The van der Waals surface area contributed by atoms with E-state index in [2.05, 4.69) is 20.9 Å². The Morgan fingerprint density at radius 3 is 2.93 bits per heavy atom. The Hall–Kier alpha value is -0.940. The average Bonchev–Trinajstić information content (AvgIpc) is 2.73. The minimum atomic E-state index is -0.0347. The van der Waals surface area contributed by atoms with Gasteiger partial charge in [-0.3, -0.25) is 4.79 Å². The van der Waals surface area contributed by atoms with Gasteiger partial charge in [-0.2, -0.15) is 0 Å². The molecule has 0 fully saturated rings. The van der Waals surface area contributed by atoms with Crippen molar-refractivity contribution in [2.24, 2.45) is 7.05 Å². The molecule has 5 heteroatoms. The minimum absolute atomic E-state index is 0.0347. The highest BCUT2D eigenvalue weighted by Gasteiger charge is 2.15. The molecule has 0 unspecified atom stereocenters. The highest BCUT2D eigenvalue weighted by molar-refractivity contribution is 9.10. The summed E-state index contributed by atoms with van der Waals surface area (Å²) in [5, 5.41) is 1.88. The molecule has 14 heavy (non-hydrogen) atoms. The predicted molar refractivity (Wildman–Crippen MR) is 58.7 cm³/mol. The zero-order chi connectivity index (χ0) is 10.1. The third kappa shape index (κ3) is 1.65. The second kappa shape index (κ2) is 3.67. The highest BCUT2D eigenvalue weighted by Crippen LogP contribution is 2.24. The van der Waals surface area contributed by atoms with Crippen molar-refractivity contribution in [1.29, 1.82) is 0 Å². The number of aryl methyl sites for hydroxylation is 1. The van der Waals surface area contributed by atoms with Crippen LogP contribution in [0.4, 0.5) is 0 Å². The Balaban J connectivity index is 2.38. The van der Waals surface area contributed by atoms with Gasteiger partial charge in [0.25, 0.3) is 0 Å². The van der Waals surface area contributed by atoms with Crippen molar-refractivity contribution in [3.8, 4) is 0 Å². The highest BCUT2D eigenvalue weighted by atomic mass is 79.9. The SMILES string of the molecule is Cn1cnc(C(=O)c2sccc2Br)c1. The second-order valence-corrected chi connectivity index (χ2v) is 4.62. The van der Waals surface area contributed by atoms with Gasteiger partial charge in [0, 0.05) is 17.7 Å². The molecule has 72 valence electrons. The molecule has 2 aromatic rings. The first-order valence-corrected chi connectivity index (χ1v) is 5.61. The molecule has 2 rings (SSSR count). The first-order valence-electron chi connectivity index (χ1n) is 3.94. The van der Waals surface area contributed by atoms with E-state index >= 15 is 0 Å². The average molecular weight is 271 g/mol. The number of nitrogens with zero attached hydrogens (tertiary/aromatic N) is 2. The van der Waals surface area contributed by atoms with Gasteiger partial charge >= 0.3 is 0 Å². The molecule has 0 atom stereocenters. The molecule has 3 nitrogen and oxygen atoms in total. The van der Waals surface area contributed by atoms with Gasteiger partial charge < -0.3 is 4.57 Å². The van der Waals surface area contributed by atoms with Crippen molar-refractivity contribution in [2.45, 2.75) is 0 Å². The lowest BCUT2D eigenvalue weighted by Crippen LogP contribution is -1.99. The molecular weight excluding hydrogens is 264 g/mol. The molecule has 0 aliphatic heterocycles. The molecular formula is C9H7BrN2OS. The topological polar surface area (TPSA) is 34.9 Å². The van der Waals surface area contributed by atoms with Gasteiger partial charge in [-0.25, -0.2) is 4.98 Å². The summed E-state index contributed by atoms with van der Waals surface area (Å²) >= 11 is 4.74. The van der Waals surface area contributed by atoms with Crippen LogP contribution in [0.15, 0.2) is 28.4 Å².